The molecule has 0 bridgehead atoms. The molecule has 0 aliphatic carbocycles. The summed E-state index contributed by atoms with van der Waals surface area (Å²) in [6, 6.07) is 9.54. The molecule has 0 fully saturated rings. The standard InChI is InChI=1S/C11H7N7/c1-2-4-9-8(3-1)15-18(16-9)7-5-10-11(12-6-7)14-17-13-10/h1-6H,(H,12,13,14,17). The summed E-state index contributed by atoms with van der Waals surface area (Å²) in [6.45, 7) is 0. The van der Waals surface area contributed by atoms with E-state index in [0.717, 1.165) is 16.7 Å². The lowest BCUT2D eigenvalue weighted by Gasteiger charge is -1.96. The molecule has 0 radical (unpaired) electrons. The van der Waals surface area contributed by atoms with Crippen LogP contribution in [0.15, 0.2) is 36.5 Å². The number of hydrogen-bond donors (Lipinski definition) is 1. The van der Waals surface area contributed by atoms with Crippen molar-refractivity contribution in [2.24, 2.45) is 0 Å². The van der Waals surface area contributed by atoms with Crippen molar-refractivity contribution in [1.82, 2.24) is 35.4 Å². The predicted octanol–water partition coefficient (Wildman–Crippen LogP) is 1.09. The largest absolute Gasteiger partial charge is 0.231 e. The first kappa shape index (κ1) is 9.23. The molecule has 18 heavy (non-hydrogen) atoms. The molecule has 0 spiro atoms. The highest BCUT2D eigenvalue weighted by molar-refractivity contribution is 5.74. The van der Waals surface area contributed by atoms with Crippen molar-refractivity contribution in [3.8, 4) is 5.69 Å². The highest BCUT2D eigenvalue weighted by Crippen LogP contribution is 2.13. The maximum atomic E-state index is 4.38. The highest BCUT2D eigenvalue weighted by Gasteiger charge is 2.06. The van der Waals surface area contributed by atoms with Crippen LogP contribution in [-0.4, -0.2) is 35.4 Å². The number of hydrogen-bond acceptors (Lipinski definition) is 5. The average molecular weight is 237 g/mol. The molecule has 0 atom stereocenters. The first-order chi connectivity index (χ1) is 8.90. The van der Waals surface area contributed by atoms with Gasteiger partial charge in [-0.2, -0.15) is 10.3 Å². The van der Waals surface area contributed by atoms with Gasteiger partial charge in [-0.3, -0.25) is 0 Å². The quantitative estimate of drug-likeness (QED) is 0.535. The Morgan fingerprint density at radius 2 is 1.72 bits per heavy atom. The first-order valence-electron chi connectivity index (χ1n) is 5.39. The Hall–Kier alpha value is -2.83. The lowest BCUT2D eigenvalue weighted by atomic mass is 10.3. The Morgan fingerprint density at radius 1 is 0.944 bits per heavy atom. The summed E-state index contributed by atoms with van der Waals surface area (Å²) in [5.74, 6) is 0. The molecule has 0 saturated heterocycles. The second-order valence-corrected chi connectivity index (χ2v) is 3.84. The van der Waals surface area contributed by atoms with Crippen LogP contribution in [0, 0.1) is 0 Å². The second-order valence-electron chi connectivity index (χ2n) is 3.84. The van der Waals surface area contributed by atoms with Crippen LogP contribution in [0.3, 0.4) is 0 Å². The SMILES string of the molecule is c1ccc2nn(-c3cnc4n[nH]nc4c3)nc2c1. The van der Waals surface area contributed by atoms with Gasteiger partial charge in [0.05, 0.1) is 6.20 Å². The fraction of sp³-hybridized carbons (Fsp3) is 0. The van der Waals surface area contributed by atoms with Gasteiger partial charge in [0.25, 0.3) is 0 Å². The molecule has 4 rings (SSSR count). The average Bonchev–Trinajstić information content (AvgIpc) is 3.04. The van der Waals surface area contributed by atoms with Crippen LogP contribution in [-0.2, 0) is 0 Å². The van der Waals surface area contributed by atoms with E-state index in [-0.39, 0.29) is 0 Å². The minimum atomic E-state index is 0.579. The van der Waals surface area contributed by atoms with Crippen LogP contribution in [0.2, 0.25) is 0 Å². The van der Waals surface area contributed by atoms with Gasteiger partial charge in [0.1, 0.15) is 22.2 Å². The maximum Gasteiger partial charge on any atom is 0.201 e. The number of pyridine rings is 1. The summed E-state index contributed by atoms with van der Waals surface area (Å²) in [5.41, 5.74) is 3.72. The fourth-order valence-corrected chi connectivity index (χ4v) is 1.81. The summed E-state index contributed by atoms with van der Waals surface area (Å²) >= 11 is 0. The van der Waals surface area contributed by atoms with Gasteiger partial charge in [-0.15, -0.1) is 20.1 Å². The van der Waals surface area contributed by atoms with Crippen molar-refractivity contribution >= 4 is 22.2 Å². The highest BCUT2D eigenvalue weighted by atomic mass is 15.5. The molecule has 0 saturated carbocycles. The molecule has 0 unspecified atom stereocenters. The number of aromatic nitrogens is 7. The zero-order chi connectivity index (χ0) is 11.9. The number of nitrogens with zero attached hydrogens (tertiary/aromatic N) is 6. The van der Waals surface area contributed by atoms with Crippen LogP contribution >= 0.6 is 0 Å². The van der Waals surface area contributed by atoms with Crippen molar-refractivity contribution in [3.63, 3.8) is 0 Å². The van der Waals surface area contributed by atoms with E-state index in [2.05, 4.69) is 30.6 Å². The molecule has 3 heterocycles. The number of fused-ring (bicyclic) bond motifs is 2. The van der Waals surface area contributed by atoms with Gasteiger partial charge in [-0.25, -0.2) is 4.98 Å². The Balaban J connectivity index is 1.94. The zero-order valence-corrected chi connectivity index (χ0v) is 9.15. The minimum Gasteiger partial charge on any atom is -0.231 e. The van der Waals surface area contributed by atoms with Gasteiger partial charge >= 0.3 is 0 Å². The van der Waals surface area contributed by atoms with E-state index in [0.29, 0.717) is 11.2 Å². The Kier molecular flexibility index (Phi) is 1.71. The monoisotopic (exact) mass is 237 g/mol. The molecule has 1 N–H and O–H groups in total. The van der Waals surface area contributed by atoms with E-state index in [1.54, 1.807) is 11.0 Å². The molecular formula is C11H7N7. The summed E-state index contributed by atoms with van der Waals surface area (Å²) < 4.78 is 0. The van der Waals surface area contributed by atoms with Crippen LogP contribution < -0.4 is 0 Å². The van der Waals surface area contributed by atoms with Crippen molar-refractivity contribution in [1.29, 1.82) is 0 Å². The van der Waals surface area contributed by atoms with Crippen molar-refractivity contribution in [3.05, 3.63) is 36.5 Å². The van der Waals surface area contributed by atoms with Gasteiger partial charge in [-0.1, -0.05) is 12.1 Å². The van der Waals surface area contributed by atoms with Crippen molar-refractivity contribution in [2.45, 2.75) is 0 Å². The van der Waals surface area contributed by atoms with Gasteiger partial charge in [0.2, 0.25) is 5.65 Å². The van der Waals surface area contributed by atoms with E-state index in [9.17, 15) is 0 Å². The third-order valence-electron chi connectivity index (χ3n) is 2.68. The van der Waals surface area contributed by atoms with E-state index in [1.165, 1.54) is 0 Å². The van der Waals surface area contributed by atoms with Crippen LogP contribution in [0.1, 0.15) is 0 Å². The lowest BCUT2D eigenvalue weighted by molar-refractivity contribution is 0.763. The summed E-state index contributed by atoms with van der Waals surface area (Å²) in [7, 11) is 0. The molecule has 3 aromatic heterocycles. The Bertz CT molecular complexity index is 811. The minimum absolute atomic E-state index is 0.579. The zero-order valence-electron chi connectivity index (χ0n) is 9.15. The van der Waals surface area contributed by atoms with E-state index < -0.39 is 0 Å². The maximum absolute atomic E-state index is 4.38. The third-order valence-corrected chi connectivity index (χ3v) is 2.68. The van der Waals surface area contributed by atoms with Crippen LogP contribution in [0.4, 0.5) is 0 Å². The van der Waals surface area contributed by atoms with E-state index in [4.69, 9.17) is 0 Å². The van der Waals surface area contributed by atoms with E-state index >= 15 is 0 Å². The third kappa shape index (κ3) is 1.27. The fourth-order valence-electron chi connectivity index (χ4n) is 1.81. The van der Waals surface area contributed by atoms with Crippen LogP contribution in [0.5, 0.6) is 0 Å². The summed E-state index contributed by atoms with van der Waals surface area (Å²) in [6.07, 6.45) is 1.67. The Labute approximate surface area is 100 Å². The summed E-state index contributed by atoms with van der Waals surface area (Å²) in [4.78, 5) is 5.73. The molecule has 4 aromatic rings. The molecule has 0 aliphatic rings. The number of rotatable bonds is 1. The van der Waals surface area contributed by atoms with Gasteiger partial charge < -0.3 is 0 Å². The lowest BCUT2D eigenvalue weighted by Crippen LogP contribution is -1.99. The van der Waals surface area contributed by atoms with Gasteiger partial charge in [0, 0.05) is 0 Å². The predicted molar refractivity (Wildman–Crippen MR) is 64.1 cm³/mol. The number of benzene rings is 1. The molecule has 86 valence electrons. The molecular weight excluding hydrogens is 230 g/mol. The number of H-pyrrole nitrogens is 1. The van der Waals surface area contributed by atoms with Gasteiger partial charge in [-0.05, 0) is 18.2 Å². The van der Waals surface area contributed by atoms with Crippen molar-refractivity contribution < 1.29 is 0 Å². The first-order valence-corrected chi connectivity index (χ1v) is 5.39. The molecule has 0 amide bonds. The number of aromatic amines is 1. The molecule has 7 nitrogen and oxygen atoms in total. The second kappa shape index (κ2) is 3.33. The van der Waals surface area contributed by atoms with E-state index in [1.807, 2.05) is 30.3 Å². The molecule has 0 aliphatic heterocycles. The molecule has 1 aromatic carbocycles. The van der Waals surface area contributed by atoms with Crippen molar-refractivity contribution in [2.75, 3.05) is 0 Å². The smallest absolute Gasteiger partial charge is 0.201 e. The Morgan fingerprint density at radius 3 is 2.50 bits per heavy atom. The summed E-state index contributed by atoms with van der Waals surface area (Å²) in [5, 5.41) is 19.2. The van der Waals surface area contributed by atoms with Crippen LogP contribution in [0.25, 0.3) is 27.9 Å². The van der Waals surface area contributed by atoms with Gasteiger partial charge in [0.15, 0.2) is 0 Å². The number of nitrogens with one attached hydrogen (secondary N) is 1. The molecule has 7 heteroatoms. The normalized spacial score (nSPS) is 11.3. The topological polar surface area (TPSA) is 85.2 Å².